The number of benzene rings is 2. The van der Waals surface area contributed by atoms with Crippen LogP contribution in [0, 0.1) is 0 Å². The largest absolute Gasteiger partial charge is 0.456 e. The third-order valence-electron chi connectivity index (χ3n) is 3.15. The first-order chi connectivity index (χ1) is 10.3. The molecular formula is C16H15NO3S. The van der Waals surface area contributed by atoms with Crippen molar-refractivity contribution in [1.29, 1.82) is 0 Å². The van der Waals surface area contributed by atoms with Crippen molar-refractivity contribution in [3.63, 3.8) is 0 Å². The standard InChI is InChI=1S/C16H15NO3S/c1-17-9-10-19-21-14-8-4-7-13-15(14)16(18)11-5-2-3-6-12(11)20-13/h2-8,17H,9-10H2,1H3. The number of para-hydroxylation sites is 1. The van der Waals surface area contributed by atoms with Gasteiger partial charge >= 0.3 is 0 Å². The van der Waals surface area contributed by atoms with Crippen LogP contribution >= 0.6 is 12.0 Å². The third kappa shape index (κ3) is 2.81. The first-order valence-electron chi connectivity index (χ1n) is 6.70. The minimum absolute atomic E-state index is 0.0211. The molecule has 0 unspecified atom stereocenters. The van der Waals surface area contributed by atoms with E-state index >= 15 is 0 Å². The summed E-state index contributed by atoms with van der Waals surface area (Å²) in [6, 6.07) is 12.8. The van der Waals surface area contributed by atoms with Gasteiger partial charge in [-0.25, -0.2) is 0 Å². The number of rotatable bonds is 5. The van der Waals surface area contributed by atoms with Crippen LogP contribution in [-0.4, -0.2) is 20.2 Å². The van der Waals surface area contributed by atoms with Crippen molar-refractivity contribution < 1.29 is 8.60 Å². The monoisotopic (exact) mass is 301 g/mol. The Morgan fingerprint density at radius 2 is 1.95 bits per heavy atom. The van der Waals surface area contributed by atoms with Gasteiger partial charge in [0.05, 0.1) is 22.3 Å². The van der Waals surface area contributed by atoms with Gasteiger partial charge in [0.2, 0.25) is 5.43 Å². The SMILES string of the molecule is CNCCOSc1cccc2oc3ccccc3c(=O)c12. The highest BCUT2D eigenvalue weighted by Gasteiger charge is 2.11. The van der Waals surface area contributed by atoms with E-state index in [-0.39, 0.29) is 5.43 Å². The lowest BCUT2D eigenvalue weighted by Gasteiger charge is -2.06. The molecule has 3 aromatic rings. The molecule has 1 N–H and O–H groups in total. The van der Waals surface area contributed by atoms with E-state index in [9.17, 15) is 4.79 Å². The number of hydrogen-bond acceptors (Lipinski definition) is 5. The maximum absolute atomic E-state index is 12.7. The lowest BCUT2D eigenvalue weighted by molar-refractivity contribution is 0.373. The minimum atomic E-state index is -0.0211. The Hall–Kier alpha value is -1.82. The molecule has 3 rings (SSSR count). The van der Waals surface area contributed by atoms with E-state index in [0.29, 0.717) is 28.5 Å². The van der Waals surface area contributed by atoms with Crippen molar-refractivity contribution in [2.75, 3.05) is 20.2 Å². The number of nitrogens with one attached hydrogen (secondary N) is 1. The molecule has 0 spiro atoms. The van der Waals surface area contributed by atoms with Gasteiger partial charge in [0.25, 0.3) is 0 Å². The third-order valence-corrected chi connectivity index (χ3v) is 3.96. The molecule has 0 saturated carbocycles. The highest BCUT2D eigenvalue weighted by molar-refractivity contribution is 7.95. The molecule has 21 heavy (non-hydrogen) atoms. The van der Waals surface area contributed by atoms with Crippen LogP contribution in [0.4, 0.5) is 0 Å². The zero-order valence-corrected chi connectivity index (χ0v) is 12.4. The molecule has 0 radical (unpaired) electrons. The molecule has 1 heterocycles. The molecule has 2 aromatic carbocycles. The average Bonchev–Trinajstić information content (AvgIpc) is 2.52. The summed E-state index contributed by atoms with van der Waals surface area (Å²) in [7, 11) is 1.87. The van der Waals surface area contributed by atoms with Gasteiger partial charge in [-0.05, 0) is 31.3 Å². The zero-order valence-electron chi connectivity index (χ0n) is 11.6. The lowest BCUT2D eigenvalue weighted by atomic mass is 10.1. The van der Waals surface area contributed by atoms with Crippen LogP contribution < -0.4 is 10.7 Å². The van der Waals surface area contributed by atoms with Crippen molar-refractivity contribution >= 4 is 34.0 Å². The fourth-order valence-electron chi connectivity index (χ4n) is 2.13. The second kappa shape index (κ2) is 6.30. The molecule has 0 fully saturated rings. The maximum atomic E-state index is 12.7. The lowest BCUT2D eigenvalue weighted by Crippen LogP contribution is -2.12. The Balaban J connectivity index is 2.09. The van der Waals surface area contributed by atoms with E-state index < -0.39 is 0 Å². The molecule has 0 aliphatic carbocycles. The summed E-state index contributed by atoms with van der Waals surface area (Å²) in [6.45, 7) is 1.33. The summed E-state index contributed by atoms with van der Waals surface area (Å²) >= 11 is 1.21. The van der Waals surface area contributed by atoms with Crippen LogP contribution in [0.1, 0.15) is 0 Å². The van der Waals surface area contributed by atoms with Gasteiger partial charge < -0.3 is 13.9 Å². The first kappa shape index (κ1) is 14.1. The van der Waals surface area contributed by atoms with E-state index in [1.165, 1.54) is 12.0 Å². The summed E-state index contributed by atoms with van der Waals surface area (Å²) in [5.41, 5.74) is 1.17. The van der Waals surface area contributed by atoms with Gasteiger partial charge in [-0.2, -0.15) is 0 Å². The molecule has 0 bridgehead atoms. The summed E-state index contributed by atoms with van der Waals surface area (Å²) < 4.78 is 11.3. The topological polar surface area (TPSA) is 51.5 Å². The molecule has 5 heteroatoms. The second-order valence-electron chi connectivity index (χ2n) is 4.57. The van der Waals surface area contributed by atoms with Crippen molar-refractivity contribution in [3.8, 4) is 0 Å². The Kier molecular flexibility index (Phi) is 4.24. The van der Waals surface area contributed by atoms with Crippen LogP contribution in [0.15, 0.2) is 56.6 Å². The van der Waals surface area contributed by atoms with Crippen molar-refractivity contribution in [2.45, 2.75) is 4.90 Å². The summed E-state index contributed by atoms with van der Waals surface area (Å²) in [6.07, 6.45) is 0. The van der Waals surface area contributed by atoms with Gasteiger partial charge in [0.1, 0.15) is 11.2 Å². The number of likely N-dealkylation sites (N-methyl/N-ethyl adjacent to an activating group) is 1. The second-order valence-corrected chi connectivity index (χ2v) is 5.41. The van der Waals surface area contributed by atoms with Crippen molar-refractivity contribution in [1.82, 2.24) is 5.32 Å². The molecule has 0 aliphatic heterocycles. The average molecular weight is 301 g/mol. The normalized spacial score (nSPS) is 11.3. The van der Waals surface area contributed by atoms with E-state index in [2.05, 4.69) is 5.32 Å². The van der Waals surface area contributed by atoms with Gasteiger partial charge in [-0.15, -0.1) is 0 Å². The van der Waals surface area contributed by atoms with Crippen molar-refractivity contribution in [3.05, 3.63) is 52.7 Å². The van der Waals surface area contributed by atoms with E-state index in [0.717, 1.165) is 11.4 Å². The van der Waals surface area contributed by atoms with Gasteiger partial charge in [0.15, 0.2) is 0 Å². The van der Waals surface area contributed by atoms with Gasteiger partial charge in [0, 0.05) is 18.6 Å². The van der Waals surface area contributed by atoms with Gasteiger partial charge in [-0.3, -0.25) is 4.79 Å². The molecule has 1 aromatic heterocycles. The summed E-state index contributed by atoms with van der Waals surface area (Å²) in [5.74, 6) is 0. The minimum Gasteiger partial charge on any atom is -0.456 e. The fourth-order valence-corrected chi connectivity index (χ4v) is 2.84. The molecule has 0 amide bonds. The Morgan fingerprint density at radius 1 is 1.14 bits per heavy atom. The quantitative estimate of drug-likeness (QED) is 0.445. The highest BCUT2D eigenvalue weighted by Crippen LogP contribution is 2.28. The van der Waals surface area contributed by atoms with Crippen LogP contribution in [0.5, 0.6) is 0 Å². The van der Waals surface area contributed by atoms with Gasteiger partial charge in [-0.1, -0.05) is 18.2 Å². The molecule has 4 nitrogen and oxygen atoms in total. The molecule has 0 atom stereocenters. The summed E-state index contributed by atoms with van der Waals surface area (Å²) in [5, 5.41) is 4.17. The van der Waals surface area contributed by atoms with Crippen LogP contribution in [0.2, 0.25) is 0 Å². The van der Waals surface area contributed by atoms with Crippen LogP contribution in [-0.2, 0) is 4.18 Å². The van der Waals surface area contributed by atoms with E-state index in [1.807, 2.05) is 31.3 Å². The molecule has 0 saturated heterocycles. The highest BCUT2D eigenvalue weighted by atomic mass is 32.2. The predicted octanol–water partition coefficient (Wildman–Crippen LogP) is 3.19. The van der Waals surface area contributed by atoms with E-state index in [4.69, 9.17) is 8.60 Å². The number of fused-ring (bicyclic) bond motifs is 2. The van der Waals surface area contributed by atoms with Crippen LogP contribution in [0.3, 0.4) is 0 Å². The predicted molar refractivity (Wildman–Crippen MR) is 85.7 cm³/mol. The van der Waals surface area contributed by atoms with E-state index in [1.54, 1.807) is 18.2 Å². The Labute approximate surface area is 126 Å². The molecule has 0 aliphatic rings. The Bertz CT molecular complexity index is 828. The Morgan fingerprint density at radius 3 is 2.81 bits per heavy atom. The smallest absolute Gasteiger partial charge is 0.201 e. The number of hydrogen-bond donors (Lipinski definition) is 1. The molecular weight excluding hydrogens is 286 g/mol. The van der Waals surface area contributed by atoms with Crippen molar-refractivity contribution in [2.24, 2.45) is 0 Å². The molecule has 108 valence electrons. The maximum Gasteiger partial charge on any atom is 0.201 e. The fraction of sp³-hybridized carbons (Fsp3) is 0.188. The first-order valence-corrected chi connectivity index (χ1v) is 7.44. The summed E-state index contributed by atoms with van der Waals surface area (Å²) in [4.78, 5) is 13.4. The van der Waals surface area contributed by atoms with Crippen LogP contribution in [0.25, 0.3) is 21.9 Å². The zero-order chi connectivity index (χ0) is 14.7.